The molecule has 2 aromatic rings. The van der Waals surface area contributed by atoms with Gasteiger partial charge in [0.25, 0.3) is 5.91 Å². The predicted molar refractivity (Wildman–Crippen MR) is 93.5 cm³/mol. The summed E-state index contributed by atoms with van der Waals surface area (Å²) in [5.74, 6) is 1.33. The van der Waals surface area contributed by atoms with Gasteiger partial charge in [0.2, 0.25) is 0 Å². The summed E-state index contributed by atoms with van der Waals surface area (Å²) < 4.78 is 12.0. The maximum atomic E-state index is 11.7. The number of rotatable bonds is 6. The van der Waals surface area contributed by atoms with E-state index in [0.29, 0.717) is 22.7 Å². The highest BCUT2D eigenvalue weighted by molar-refractivity contribution is 6.01. The van der Waals surface area contributed by atoms with Crippen LogP contribution in [-0.4, -0.2) is 23.1 Å². The summed E-state index contributed by atoms with van der Waals surface area (Å²) in [6.07, 6.45) is 5.52. The largest absolute Gasteiger partial charge is 0.490 e. The van der Waals surface area contributed by atoms with E-state index in [1.165, 1.54) is 19.3 Å². The van der Waals surface area contributed by atoms with E-state index in [-0.39, 0.29) is 12.2 Å². The van der Waals surface area contributed by atoms with Crippen molar-refractivity contribution >= 4 is 16.8 Å². The molecule has 0 aliphatic heterocycles. The van der Waals surface area contributed by atoms with Crippen molar-refractivity contribution in [2.75, 3.05) is 0 Å². The van der Waals surface area contributed by atoms with Gasteiger partial charge in [-0.3, -0.25) is 9.78 Å². The molecule has 1 atom stereocenters. The average Bonchev–Trinajstić information content (AvgIpc) is 2.44. The molecule has 1 fully saturated rings. The fraction of sp³-hybridized carbons (Fsp3) is 0.474. The van der Waals surface area contributed by atoms with Crippen LogP contribution < -0.4 is 15.2 Å². The third-order valence-corrected chi connectivity index (χ3v) is 4.56. The molecule has 5 heteroatoms. The second-order valence-electron chi connectivity index (χ2n) is 6.72. The second-order valence-corrected chi connectivity index (χ2v) is 6.72. The Bertz CT molecular complexity index is 754. The molecule has 1 aliphatic rings. The summed E-state index contributed by atoms with van der Waals surface area (Å²) in [5.41, 5.74) is 6.51. The monoisotopic (exact) mass is 328 g/mol. The lowest BCUT2D eigenvalue weighted by atomic mass is 9.82. The minimum Gasteiger partial charge on any atom is -0.490 e. The zero-order valence-electron chi connectivity index (χ0n) is 14.4. The van der Waals surface area contributed by atoms with Gasteiger partial charge in [-0.2, -0.15) is 0 Å². The summed E-state index contributed by atoms with van der Waals surface area (Å²) in [6, 6.07) is 5.35. The summed E-state index contributed by atoms with van der Waals surface area (Å²) >= 11 is 0. The van der Waals surface area contributed by atoms with E-state index in [4.69, 9.17) is 15.2 Å². The number of hydrogen-bond donors (Lipinski definition) is 1. The van der Waals surface area contributed by atoms with Crippen molar-refractivity contribution in [2.24, 2.45) is 11.7 Å². The number of aromatic nitrogens is 1. The van der Waals surface area contributed by atoms with Gasteiger partial charge in [0.15, 0.2) is 0 Å². The van der Waals surface area contributed by atoms with Crippen LogP contribution in [0.25, 0.3) is 10.9 Å². The maximum Gasteiger partial charge on any atom is 0.252 e. The first kappa shape index (κ1) is 16.6. The third-order valence-electron chi connectivity index (χ3n) is 4.56. The summed E-state index contributed by atoms with van der Waals surface area (Å²) in [4.78, 5) is 16.1. The van der Waals surface area contributed by atoms with E-state index >= 15 is 0 Å². The van der Waals surface area contributed by atoms with E-state index in [1.54, 1.807) is 12.3 Å². The number of nitrogens with zero attached hydrogens (tertiary/aromatic N) is 1. The molecule has 0 spiro atoms. The van der Waals surface area contributed by atoms with Crippen molar-refractivity contribution in [3.8, 4) is 11.5 Å². The maximum absolute atomic E-state index is 11.7. The summed E-state index contributed by atoms with van der Waals surface area (Å²) in [7, 11) is 0. The number of hydrogen-bond acceptors (Lipinski definition) is 4. The first-order valence-electron chi connectivity index (χ1n) is 8.51. The van der Waals surface area contributed by atoms with Crippen molar-refractivity contribution in [3.05, 3.63) is 30.0 Å². The van der Waals surface area contributed by atoms with E-state index in [2.05, 4.69) is 11.9 Å². The van der Waals surface area contributed by atoms with E-state index in [1.807, 2.05) is 26.0 Å². The van der Waals surface area contributed by atoms with Crippen LogP contribution in [0.3, 0.4) is 0 Å². The molecule has 1 aromatic carbocycles. The molecule has 24 heavy (non-hydrogen) atoms. The van der Waals surface area contributed by atoms with Crippen molar-refractivity contribution in [1.29, 1.82) is 0 Å². The Kier molecular flexibility index (Phi) is 4.60. The van der Waals surface area contributed by atoms with Crippen LogP contribution in [0.2, 0.25) is 0 Å². The molecule has 0 bridgehead atoms. The van der Waals surface area contributed by atoms with Gasteiger partial charge in [-0.05, 0) is 57.7 Å². The lowest BCUT2D eigenvalue weighted by Crippen LogP contribution is -2.29. The van der Waals surface area contributed by atoms with Gasteiger partial charge in [-0.1, -0.05) is 6.42 Å². The average molecular weight is 328 g/mol. The molecule has 1 heterocycles. The number of carbonyl (C=O) groups excluding carboxylic acids is 1. The predicted octanol–water partition coefficient (Wildman–Crippen LogP) is 3.69. The van der Waals surface area contributed by atoms with Crippen molar-refractivity contribution in [3.63, 3.8) is 0 Å². The number of ether oxygens (including phenoxy) is 2. The van der Waals surface area contributed by atoms with Crippen LogP contribution in [0.15, 0.2) is 24.4 Å². The van der Waals surface area contributed by atoms with Gasteiger partial charge < -0.3 is 15.2 Å². The Balaban J connectivity index is 2.02. The van der Waals surface area contributed by atoms with Gasteiger partial charge in [-0.25, -0.2) is 0 Å². The summed E-state index contributed by atoms with van der Waals surface area (Å²) in [6.45, 7) is 5.93. The standard InChI is InChI=1S/C19H24N2O3/c1-11(2)23-18-10-14-16(9-15(18)19(20)22)21-8-7-17(14)24-12(3)13-5-4-6-13/h7-13H,4-6H2,1-3H3,(H2,20,22)/t12-/m0/s1. The first-order chi connectivity index (χ1) is 11.5. The Morgan fingerprint density at radius 2 is 1.96 bits per heavy atom. The highest BCUT2D eigenvalue weighted by Crippen LogP contribution is 2.35. The van der Waals surface area contributed by atoms with Gasteiger partial charge in [0.1, 0.15) is 11.5 Å². The Morgan fingerprint density at radius 1 is 1.21 bits per heavy atom. The normalized spacial score (nSPS) is 16.0. The molecule has 0 saturated heterocycles. The molecular formula is C19H24N2O3. The fourth-order valence-corrected chi connectivity index (χ4v) is 3.00. The molecule has 2 N–H and O–H groups in total. The Morgan fingerprint density at radius 3 is 2.54 bits per heavy atom. The molecule has 1 aliphatic carbocycles. The Hall–Kier alpha value is -2.30. The molecule has 128 valence electrons. The lowest BCUT2D eigenvalue weighted by molar-refractivity contribution is 0.0991. The van der Waals surface area contributed by atoms with Crippen LogP contribution in [0.5, 0.6) is 11.5 Å². The van der Waals surface area contributed by atoms with E-state index < -0.39 is 5.91 Å². The first-order valence-corrected chi connectivity index (χ1v) is 8.51. The second kappa shape index (κ2) is 6.67. The molecule has 3 rings (SSSR count). The van der Waals surface area contributed by atoms with Crippen LogP contribution in [0.4, 0.5) is 0 Å². The molecule has 0 unspecified atom stereocenters. The zero-order chi connectivity index (χ0) is 17.3. The molecule has 1 aromatic heterocycles. The number of nitrogens with two attached hydrogens (primary N) is 1. The van der Waals surface area contributed by atoms with Gasteiger partial charge in [0, 0.05) is 11.6 Å². The van der Waals surface area contributed by atoms with Crippen molar-refractivity contribution in [2.45, 2.75) is 52.2 Å². The van der Waals surface area contributed by atoms with Crippen LogP contribution in [0.1, 0.15) is 50.4 Å². The zero-order valence-corrected chi connectivity index (χ0v) is 14.4. The van der Waals surface area contributed by atoms with Crippen molar-refractivity contribution in [1.82, 2.24) is 4.98 Å². The van der Waals surface area contributed by atoms with Gasteiger partial charge in [0.05, 0.1) is 23.3 Å². The lowest BCUT2D eigenvalue weighted by Gasteiger charge is -2.31. The molecule has 5 nitrogen and oxygen atoms in total. The number of amides is 1. The quantitative estimate of drug-likeness (QED) is 0.877. The third kappa shape index (κ3) is 3.30. The van der Waals surface area contributed by atoms with Crippen LogP contribution in [-0.2, 0) is 0 Å². The molecule has 1 amide bonds. The van der Waals surface area contributed by atoms with Gasteiger partial charge >= 0.3 is 0 Å². The number of benzene rings is 1. The molecule has 1 saturated carbocycles. The summed E-state index contributed by atoms with van der Waals surface area (Å²) in [5, 5.41) is 0.837. The van der Waals surface area contributed by atoms with Crippen LogP contribution in [0, 0.1) is 5.92 Å². The number of carbonyl (C=O) groups is 1. The fourth-order valence-electron chi connectivity index (χ4n) is 3.00. The smallest absolute Gasteiger partial charge is 0.252 e. The SMILES string of the molecule is CC(C)Oc1cc2c(O[C@@H](C)C3CCC3)ccnc2cc1C(N)=O. The number of primary amides is 1. The minimum absolute atomic E-state index is 0.0597. The van der Waals surface area contributed by atoms with Gasteiger partial charge in [-0.15, -0.1) is 0 Å². The number of fused-ring (bicyclic) bond motifs is 1. The highest BCUT2D eigenvalue weighted by Gasteiger charge is 2.26. The molecule has 0 radical (unpaired) electrons. The highest BCUT2D eigenvalue weighted by atomic mass is 16.5. The van der Waals surface area contributed by atoms with Crippen LogP contribution >= 0.6 is 0 Å². The Labute approximate surface area is 142 Å². The van der Waals surface area contributed by atoms with E-state index in [0.717, 1.165) is 11.1 Å². The minimum atomic E-state index is -0.525. The number of pyridine rings is 1. The molecular weight excluding hydrogens is 304 g/mol. The topological polar surface area (TPSA) is 74.4 Å². The van der Waals surface area contributed by atoms with Crippen molar-refractivity contribution < 1.29 is 14.3 Å². The van der Waals surface area contributed by atoms with E-state index in [9.17, 15) is 4.79 Å².